The van der Waals surface area contributed by atoms with E-state index in [-0.39, 0.29) is 11.8 Å². The molecule has 2 amide bonds. The number of amides is 2. The van der Waals surface area contributed by atoms with E-state index in [1.807, 2.05) is 74.9 Å². The number of nitrogens with one attached hydrogen (secondary N) is 2. The summed E-state index contributed by atoms with van der Waals surface area (Å²) in [6.07, 6.45) is 5.40. The summed E-state index contributed by atoms with van der Waals surface area (Å²) < 4.78 is 0. The zero-order chi connectivity index (χ0) is 32.5. The Morgan fingerprint density at radius 1 is 0.659 bits per heavy atom. The van der Waals surface area contributed by atoms with E-state index in [1.54, 1.807) is 0 Å². The molecule has 2 aromatic rings. The Bertz CT molecular complexity index is 1140. The van der Waals surface area contributed by atoms with Crippen LogP contribution in [-0.2, 0) is 32.0 Å². The molecule has 0 heterocycles. The lowest BCUT2D eigenvalue weighted by Gasteiger charge is -2.22. The van der Waals surface area contributed by atoms with Crippen LogP contribution in [0.4, 0.5) is 0 Å². The molecule has 44 heavy (non-hydrogen) atoms. The van der Waals surface area contributed by atoms with Crippen LogP contribution in [0.1, 0.15) is 35.1 Å². The third-order valence-electron chi connectivity index (χ3n) is 7.27. The minimum absolute atomic E-state index is 0.304. The van der Waals surface area contributed by atoms with Crippen molar-refractivity contribution in [2.75, 3.05) is 35.5 Å². The number of hydrogen-bond acceptors (Lipinski definition) is 8. The van der Waals surface area contributed by atoms with Crippen molar-refractivity contribution in [3.63, 3.8) is 0 Å². The van der Waals surface area contributed by atoms with Gasteiger partial charge in [-0.2, -0.15) is 23.5 Å². The van der Waals surface area contributed by atoms with Gasteiger partial charge in [-0.15, -0.1) is 0 Å². The molecule has 8 nitrogen and oxygen atoms in total. The molecule has 0 spiro atoms. The molecule has 0 fully saturated rings. The van der Waals surface area contributed by atoms with Gasteiger partial charge in [-0.1, -0.05) is 70.1 Å². The first kappa shape index (κ1) is 37.9. The van der Waals surface area contributed by atoms with Crippen molar-refractivity contribution in [3.05, 3.63) is 70.8 Å². The van der Waals surface area contributed by atoms with Gasteiger partial charge in [-0.05, 0) is 85.8 Å². The third kappa shape index (κ3) is 13.4. The summed E-state index contributed by atoms with van der Waals surface area (Å²) in [6.45, 7) is 3.98. The second-order valence-electron chi connectivity index (χ2n) is 10.6. The zero-order valence-corrected chi connectivity index (χ0v) is 29.0. The first-order valence-electron chi connectivity index (χ1n) is 14.4. The molecule has 0 aliphatic heterocycles. The van der Waals surface area contributed by atoms with Gasteiger partial charge in [0, 0.05) is 11.5 Å². The summed E-state index contributed by atoms with van der Waals surface area (Å²) >= 11 is 3.06. The normalized spacial score (nSPS) is 13.8. The molecular weight excluding hydrogens is 637 g/mol. The molecule has 12 heteroatoms. The van der Waals surface area contributed by atoms with Crippen LogP contribution in [-0.4, -0.2) is 81.6 Å². The predicted octanol–water partition coefficient (Wildman–Crippen LogP) is 5.35. The molecule has 0 radical (unpaired) electrons. The summed E-state index contributed by atoms with van der Waals surface area (Å²) in [4.78, 5) is 50.4. The molecule has 2 unspecified atom stereocenters. The SMILES string of the molecule is CSCC[C@H](NC(=O)C(CSSCC(Cc1ccccc1C)C(=O)N[C@@H](CCSC)C(=O)O)Cc1ccccc1C)C(=O)O. The maximum atomic E-state index is 13.4. The smallest absolute Gasteiger partial charge is 0.326 e. The monoisotopic (exact) mass is 680 g/mol. The van der Waals surface area contributed by atoms with Gasteiger partial charge in [0.05, 0.1) is 11.8 Å². The number of carboxylic acid groups (broad SMARTS) is 2. The molecule has 4 atom stereocenters. The molecule has 0 saturated carbocycles. The van der Waals surface area contributed by atoms with E-state index in [0.29, 0.717) is 48.7 Å². The second-order valence-corrected chi connectivity index (χ2v) is 15.1. The number of aliphatic carboxylic acids is 2. The van der Waals surface area contributed by atoms with Crippen LogP contribution >= 0.6 is 45.1 Å². The molecule has 242 valence electrons. The highest BCUT2D eigenvalue weighted by Gasteiger charge is 2.28. The summed E-state index contributed by atoms with van der Waals surface area (Å²) in [5.74, 6) is -1.58. The van der Waals surface area contributed by atoms with E-state index in [4.69, 9.17) is 0 Å². The van der Waals surface area contributed by atoms with Gasteiger partial charge < -0.3 is 20.8 Å². The Balaban J connectivity index is 2.16. The predicted molar refractivity (Wildman–Crippen MR) is 187 cm³/mol. The number of rotatable bonds is 21. The Morgan fingerprint density at radius 3 is 1.34 bits per heavy atom. The van der Waals surface area contributed by atoms with E-state index in [2.05, 4.69) is 10.6 Å². The minimum atomic E-state index is -1.05. The first-order valence-corrected chi connectivity index (χ1v) is 19.7. The highest BCUT2D eigenvalue weighted by Crippen LogP contribution is 2.30. The Labute approximate surface area is 277 Å². The number of carbonyl (C=O) groups is 4. The van der Waals surface area contributed by atoms with Crippen LogP contribution < -0.4 is 10.6 Å². The van der Waals surface area contributed by atoms with E-state index < -0.39 is 35.9 Å². The standard InChI is InChI=1S/C32H44N2O6S4/c1-21-9-5-7-11-23(21)17-25(29(35)33-27(31(37)38)13-15-41-3)19-43-44-20-26(18-24-12-8-6-10-22(24)2)30(36)34-28(32(39)40)14-16-42-4/h5-12,25-28H,13-20H2,1-4H3,(H,33,35)(H,34,36)(H,37,38)(H,39,40)/t25?,26?,27-,28-/m0/s1. The molecule has 0 aliphatic rings. The third-order valence-corrected chi connectivity index (χ3v) is 11.1. The zero-order valence-electron chi connectivity index (χ0n) is 25.7. The molecule has 0 bridgehead atoms. The van der Waals surface area contributed by atoms with Gasteiger partial charge in [0.25, 0.3) is 0 Å². The van der Waals surface area contributed by atoms with Gasteiger partial charge >= 0.3 is 11.9 Å². The van der Waals surface area contributed by atoms with Crippen molar-refractivity contribution in [2.24, 2.45) is 11.8 Å². The quantitative estimate of drug-likeness (QED) is 0.101. The van der Waals surface area contributed by atoms with Crippen molar-refractivity contribution < 1.29 is 29.4 Å². The lowest BCUT2D eigenvalue weighted by molar-refractivity contribution is -0.142. The van der Waals surface area contributed by atoms with Crippen molar-refractivity contribution in [1.82, 2.24) is 10.6 Å². The molecule has 4 N–H and O–H groups in total. The van der Waals surface area contributed by atoms with Gasteiger partial charge in [0.1, 0.15) is 12.1 Å². The number of hydrogen-bond donors (Lipinski definition) is 4. The number of carboxylic acids is 2. The number of thioether (sulfide) groups is 2. The Morgan fingerprint density at radius 2 is 1.02 bits per heavy atom. The fourth-order valence-corrected chi connectivity index (χ4v) is 8.05. The molecule has 0 aromatic heterocycles. The Hall–Kier alpha value is -2.28. The van der Waals surface area contributed by atoms with Crippen LogP contribution in [0, 0.1) is 25.7 Å². The maximum absolute atomic E-state index is 13.4. The summed E-state index contributed by atoms with van der Waals surface area (Å²) in [5.41, 5.74) is 4.17. The molecule has 2 aromatic carbocycles. The number of carbonyl (C=O) groups excluding carboxylic acids is 2. The molecule has 2 rings (SSSR count). The average molecular weight is 681 g/mol. The van der Waals surface area contributed by atoms with Gasteiger partial charge in [0.15, 0.2) is 0 Å². The van der Waals surface area contributed by atoms with Crippen LogP contribution in [0.5, 0.6) is 0 Å². The summed E-state index contributed by atoms with van der Waals surface area (Å²) in [5, 5.41) is 24.8. The van der Waals surface area contributed by atoms with Crippen LogP contribution in [0.2, 0.25) is 0 Å². The van der Waals surface area contributed by atoms with E-state index in [9.17, 15) is 29.4 Å². The van der Waals surface area contributed by atoms with Crippen molar-refractivity contribution >= 4 is 68.9 Å². The van der Waals surface area contributed by atoms with E-state index in [0.717, 1.165) is 22.3 Å². The Kier molecular flexibility index (Phi) is 17.8. The van der Waals surface area contributed by atoms with Crippen LogP contribution in [0.25, 0.3) is 0 Å². The van der Waals surface area contributed by atoms with Crippen molar-refractivity contribution in [1.29, 1.82) is 0 Å². The fourth-order valence-electron chi connectivity index (χ4n) is 4.49. The van der Waals surface area contributed by atoms with Crippen molar-refractivity contribution in [2.45, 2.75) is 51.6 Å². The van der Waals surface area contributed by atoms with Crippen molar-refractivity contribution in [3.8, 4) is 0 Å². The largest absolute Gasteiger partial charge is 0.480 e. The molecule has 0 aliphatic carbocycles. The van der Waals surface area contributed by atoms with Gasteiger partial charge in [0.2, 0.25) is 11.8 Å². The molecule has 0 saturated heterocycles. The number of benzene rings is 2. The number of aryl methyl sites for hydroxylation is 2. The average Bonchev–Trinajstić information content (AvgIpc) is 2.99. The summed E-state index contributed by atoms with van der Waals surface area (Å²) in [6, 6.07) is 13.8. The first-order chi connectivity index (χ1) is 21.1. The maximum Gasteiger partial charge on any atom is 0.326 e. The van der Waals surface area contributed by atoms with Gasteiger partial charge in [-0.25, -0.2) is 9.59 Å². The van der Waals surface area contributed by atoms with E-state index in [1.165, 1.54) is 45.1 Å². The lowest BCUT2D eigenvalue weighted by Crippen LogP contribution is -2.45. The lowest BCUT2D eigenvalue weighted by atomic mass is 9.96. The highest BCUT2D eigenvalue weighted by atomic mass is 33.1. The topological polar surface area (TPSA) is 133 Å². The second kappa shape index (κ2) is 20.7. The van der Waals surface area contributed by atoms with Crippen LogP contribution in [0.3, 0.4) is 0 Å². The van der Waals surface area contributed by atoms with E-state index >= 15 is 0 Å². The highest BCUT2D eigenvalue weighted by molar-refractivity contribution is 8.76. The minimum Gasteiger partial charge on any atom is -0.480 e. The summed E-state index contributed by atoms with van der Waals surface area (Å²) in [7, 11) is 2.94. The molecular formula is C32H44N2O6S4. The fraction of sp³-hybridized carbons (Fsp3) is 0.500. The van der Waals surface area contributed by atoms with Crippen LogP contribution in [0.15, 0.2) is 48.5 Å². The van der Waals surface area contributed by atoms with Gasteiger partial charge in [-0.3, -0.25) is 9.59 Å².